The van der Waals surface area contributed by atoms with Gasteiger partial charge in [0.1, 0.15) is 0 Å². The molecular formula is C14H21F3N2O. The molecule has 0 unspecified atom stereocenters. The fourth-order valence-electron chi connectivity index (χ4n) is 2.37. The molecule has 0 aliphatic carbocycles. The van der Waals surface area contributed by atoms with E-state index in [1.807, 2.05) is 13.8 Å². The minimum absolute atomic E-state index is 0.0492. The van der Waals surface area contributed by atoms with Gasteiger partial charge in [0.2, 0.25) is 0 Å². The number of rotatable bonds is 6. The minimum Gasteiger partial charge on any atom is -0.399 e. The van der Waals surface area contributed by atoms with Crippen LogP contribution in [0.15, 0.2) is 18.2 Å². The van der Waals surface area contributed by atoms with Gasteiger partial charge in [0.05, 0.1) is 12.2 Å². The van der Waals surface area contributed by atoms with Crippen LogP contribution in [-0.2, 0) is 6.18 Å². The van der Waals surface area contributed by atoms with Gasteiger partial charge < -0.3 is 15.7 Å². The molecule has 0 atom stereocenters. The summed E-state index contributed by atoms with van der Waals surface area (Å²) in [5.74, 6) is 0. The molecule has 0 fully saturated rings. The maximum atomic E-state index is 13.2. The van der Waals surface area contributed by atoms with Gasteiger partial charge in [-0.2, -0.15) is 13.2 Å². The fraction of sp³-hybridized carbons (Fsp3) is 0.571. The molecule has 0 amide bonds. The summed E-state index contributed by atoms with van der Waals surface area (Å²) in [5, 5.41) is 9.14. The Balaban J connectivity index is 3.32. The first-order valence-corrected chi connectivity index (χ1v) is 6.69. The number of anilines is 2. The average molecular weight is 290 g/mol. The van der Waals surface area contributed by atoms with Crippen molar-refractivity contribution in [2.75, 3.05) is 23.8 Å². The van der Waals surface area contributed by atoms with Crippen molar-refractivity contribution in [3.8, 4) is 0 Å². The molecule has 20 heavy (non-hydrogen) atoms. The smallest absolute Gasteiger partial charge is 0.399 e. The van der Waals surface area contributed by atoms with Crippen LogP contribution in [0.4, 0.5) is 24.5 Å². The van der Waals surface area contributed by atoms with Crippen molar-refractivity contribution in [3.05, 3.63) is 23.8 Å². The van der Waals surface area contributed by atoms with E-state index in [9.17, 15) is 13.2 Å². The van der Waals surface area contributed by atoms with Gasteiger partial charge in [-0.15, -0.1) is 0 Å². The number of nitrogen functional groups attached to an aromatic ring is 1. The second kappa shape index (κ2) is 6.83. The minimum atomic E-state index is -4.47. The first-order chi connectivity index (χ1) is 9.35. The van der Waals surface area contributed by atoms with Gasteiger partial charge in [-0.05, 0) is 31.0 Å². The third kappa shape index (κ3) is 3.79. The zero-order valence-electron chi connectivity index (χ0n) is 11.7. The SMILES string of the molecule is CCC(CC)N(CCO)c1ccc(N)cc1C(F)(F)F. The monoisotopic (exact) mass is 290 g/mol. The van der Waals surface area contributed by atoms with Crippen LogP contribution in [0.25, 0.3) is 0 Å². The first kappa shape index (κ1) is 16.6. The summed E-state index contributed by atoms with van der Waals surface area (Å²) in [5.41, 5.74) is 4.88. The lowest BCUT2D eigenvalue weighted by Crippen LogP contribution is -2.38. The summed E-state index contributed by atoms with van der Waals surface area (Å²) in [6.07, 6.45) is -3.05. The summed E-state index contributed by atoms with van der Waals surface area (Å²) in [4.78, 5) is 1.61. The van der Waals surface area contributed by atoms with Crippen molar-refractivity contribution in [3.63, 3.8) is 0 Å². The van der Waals surface area contributed by atoms with Crippen LogP contribution < -0.4 is 10.6 Å². The molecule has 1 rings (SSSR count). The Morgan fingerprint density at radius 2 is 1.85 bits per heavy atom. The molecule has 1 aromatic rings. The molecule has 3 nitrogen and oxygen atoms in total. The highest BCUT2D eigenvalue weighted by Crippen LogP contribution is 2.38. The van der Waals surface area contributed by atoms with Crippen LogP contribution in [-0.4, -0.2) is 24.3 Å². The molecule has 0 heterocycles. The van der Waals surface area contributed by atoms with Gasteiger partial charge in [-0.1, -0.05) is 13.8 Å². The van der Waals surface area contributed by atoms with Crippen molar-refractivity contribution < 1.29 is 18.3 Å². The zero-order chi connectivity index (χ0) is 15.3. The Bertz CT molecular complexity index is 431. The molecule has 114 valence electrons. The summed E-state index contributed by atoms with van der Waals surface area (Å²) < 4.78 is 39.5. The first-order valence-electron chi connectivity index (χ1n) is 6.69. The fourth-order valence-corrected chi connectivity index (χ4v) is 2.37. The highest BCUT2D eigenvalue weighted by molar-refractivity contribution is 5.61. The lowest BCUT2D eigenvalue weighted by molar-refractivity contribution is -0.137. The van der Waals surface area contributed by atoms with Crippen molar-refractivity contribution >= 4 is 11.4 Å². The zero-order valence-corrected chi connectivity index (χ0v) is 11.7. The standard InChI is InChI=1S/C14H21F3N2O/c1-3-11(4-2)19(7-8-20)13-6-5-10(18)9-12(13)14(15,16)17/h5-6,9,11,20H,3-4,7-8,18H2,1-2H3. The van der Waals surface area contributed by atoms with Crippen molar-refractivity contribution in [2.45, 2.75) is 38.9 Å². The molecule has 3 N–H and O–H groups in total. The second-order valence-electron chi connectivity index (χ2n) is 4.66. The van der Waals surface area contributed by atoms with E-state index in [2.05, 4.69) is 0 Å². The number of halogens is 3. The number of alkyl halides is 3. The third-order valence-corrected chi connectivity index (χ3v) is 3.36. The van der Waals surface area contributed by atoms with Crippen LogP contribution in [0, 0.1) is 0 Å². The molecule has 0 saturated carbocycles. The summed E-state index contributed by atoms with van der Waals surface area (Å²) in [6.45, 7) is 3.81. The molecule has 6 heteroatoms. The molecule has 0 spiro atoms. The van der Waals surface area contributed by atoms with Gasteiger partial charge in [0.25, 0.3) is 0 Å². The van der Waals surface area contributed by atoms with E-state index in [4.69, 9.17) is 10.8 Å². The number of nitrogens with two attached hydrogens (primary N) is 1. The van der Waals surface area contributed by atoms with Gasteiger partial charge in [0.15, 0.2) is 0 Å². The molecule has 1 aromatic carbocycles. The maximum absolute atomic E-state index is 13.2. The predicted octanol–water partition coefficient (Wildman–Crippen LogP) is 3.27. The maximum Gasteiger partial charge on any atom is 0.418 e. The van der Waals surface area contributed by atoms with Crippen LogP contribution in [0.3, 0.4) is 0 Å². The number of hydrogen-bond acceptors (Lipinski definition) is 3. The van der Waals surface area contributed by atoms with Gasteiger partial charge in [-0.25, -0.2) is 0 Å². The van der Waals surface area contributed by atoms with E-state index in [0.29, 0.717) is 12.8 Å². The molecule has 0 aliphatic heterocycles. The topological polar surface area (TPSA) is 49.5 Å². The van der Waals surface area contributed by atoms with Gasteiger partial charge in [-0.3, -0.25) is 0 Å². The summed E-state index contributed by atoms with van der Waals surface area (Å²) in [7, 11) is 0. The third-order valence-electron chi connectivity index (χ3n) is 3.36. The summed E-state index contributed by atoms with van der Waals surface area (Å²) >= 11 is 0. The van der Waals surface area contributed by atoms with Crippen LogP contribution >= 0.6 is 0 Å². The number of nitrogens with zero attached hydrogens (tertiary/aromatic N) is 1. The van der Waals surface area contributed by atoms with Crippen LogP contribution in [0.1, 0.15) is 32.3 Å². The van der Waals surface area contributed by atoms with Crippen molar-refractivity contribution in [1.82, 2.24) is 0 Å². The lowest BCUT2D eigenvalue weighted by atomic mass is 10.1. The molecule has 0 saturated heterocycles. The van der Waals surface area contributed by atoms with Crippen molar-refractivity contribution in [2.24, 2.45) is 0 Å². The normalized spacial score (nSPS) is 11.9. The van der Waals surface area contributed by atoms with E-state index < -0.39 is 11.7 Å². The Labute approximate surface area is 117 Å². The largest absolute Gasteiger partial charge is 0.418 e. The molecule has 0 aliphatic rings. The Kier molecular flexibility index (Phi) is 5.68. The van der Waals surface area contributed by atoms with E-state index >= 15 is 0 Å². The number of hydrogen-bond donors (Lipinski definition) is 2. The highest BCUT2D eigenvalue weighted by atomic mass is 19.4. The number of benzene rings is 1. The average Bonchev–Trinajstić information content (AvgIpc) is 2.38. The van der Waals surface area contributed by atoms with Crippen LogP contribution in [0.5, 0.6) is 0 Å². The van der Waals surface area contributed by atoms with Gasteiger partial charge in [0, 0.05) is 24.0 Å². The lowest BCUT2D eigenvalue weighted by Gasteiger charge is -2.34. The van der Waals surface area contributed by atoms with Crippen LogP contribution in [0.2, 0.25) is 0 Å². The van der Waals surface area contributed by atoms with E-state index in [0.717, 1.165) is 6.07 Å². The Morgan fingerprint density at radius 3 is 2.30 bits per heavy atom. The molecule has 0 radical (unpaired) electrons. The quantitative estimate of drug-likeness (QED) is 0.791. The van der Waals surface area contributed by atoms with E-state index in [1.165, 1.54) is 12.1 Å². The molecular weight excluding hydrogens is 269 g/mol. The number of aliphatic hydroxyl groups is 1. The molecule has 0 bridgehead atoms. The second-order valence-corrected chi connectivity index (χ2v) is 4.66. The molecule has 0 aromatic heterocycles. The van der Waals surface area contributed by atoms with Gasteiger partial charge >= 0.3 is 6.18 Å². The Morgan fingerprint density at radius 1 is 1.25 bits per heavy atom. The summed E-state index contributed by atoms with van der Waals surface area (Å²) in [6, 6.07) is 3.73. The number of aliphatic hydroxyl groups excluding tert-OH is 1. The predicted molar refractivity (Wildman–Crippen MR) is 74.7 cm³/mol. The highest BCUT2D eigenvalue weighted by Gasteiger charge is 2.36. The Hall–Kier alpha value is -1.43. The van der Waals surface area contributed by atoms with E-state index in [1.54, 1.807) is 4.90 Å². The van der Waals surface area contributed by atoms with Crippen molar-refractivity contribution in [1.29, 1.82) is 0 Å². The van der Waals surface area contributed by atoms with E-state index in [-0.39, 0.29) is 30.6 Å².